The maximum Gasteiger partial charge on any atom is 0.150 e. The van der Waals surface area contributed by atoms with Gasteiger partial charge in [0, 0.05) is 29.2 Å². The SMILES string of the molecule is COc1cccc(-c2cnc(Cl)c(Cl)c2C#N)c1.COc1cccc(-c2cnc(Nc3ccccc3C)c(Cl)c2C#N)c1. The fraction of sp³-hybridized carbons (Fsp3) is 0.0909. The largest absolute Gasteiger partial charge is 0.497 e. The first-order valence-corrected chi connectivity index (χ1v) is 13.9. The number of benzene rings is 3. The first-order valence-electron chi connectivity index (χ1n) is 12.7. The van der Waals surface area contributed by atoms with Gasteiger partial charge in [-0.15, -0.1) is 0 Å². The van der Waals surface area contributed by atoms with Gasteiger partial charge in [-0.05, 0) is 53.9 Å². The number of nitrogens with one attached hydrogen (secondary N) is 1. The van der Waals surface area contributed by atoms with Crippen molar-refractivity contribution in [2.45, 2.75) is 6.92 Å². The molecule has 0 amide bonds. The molecule has 0 unspecified atom stereocenters. The molecule has 5 rings (SSSR count). The summed E-state index contributed by atoms with van der Waals surface area (Å²) in [4.78, 5) is 8.38. The molecule has 2 aromatic heterocycles. The Bertz CT molecular complexity index is 1870. The van der Waals surface area contributed by atoms with Crippen LogP contribution in [0.5, 0.6) is 11.5 Å². The average molecular weight is 629 g/mol. The second-order valence-electron chi connectivity index (χ2n) is 8.99. The van der Waals surface area contributed by atoms with Crippen molar-refractivity contribution in [1.29, 1.82) is 10.5 Å². The summed E-state index contributed by atoms with van der Waals surface area (Å²) in [6.07, 6.45) is 3.18. The van der Waals surface area contributed by atoms with Gasteiger partial charge >= 0.3 is 0 Å². The number of nitriles is 2. The number of anilines is 2. The molecule has 7 nitrogen and oxygen atoms in total. The van der Waals surface area contributed by atoms with Crippen LogP contribution in [-0.4, -0.2) is 24.2 Å². The van der Waals surface area contributed by atoms with Crippen molar-refractivity contribution in [2.24, 2.45) is 0 Å². The van der Waals surface area contributed by atoms with Gasteiger partial charge in [-0.1, -0.05) is 77.3 Å². The van der Waals surface area contributed by atoms with E-state index in [4.69, 9.17) is 49.5 Å². The molecule has 0 aliphatic heterocycles. The van der Waals surface area contributed by atoms with Crippen molar-refractivity contribution in [1.82, 2.24) is 9.97 Å². The molecule has 0 spiro atoms. The average Bonchev–Trinajstić information content (AvgIpc) is 3.04. The summed E-state index contributed by atoms with van der Waals surface area (Å²) in [5.74, 6) is 1.86. The number of aromatic nitrogens is 2. The van der Waals surface area contributed by atoms with E-state index in [1.54, 1.807) is 20.4 Å². The topological polar surface area (TPSA) is 104 Å². The number of aryl methyl sites for hydroxylation is 1. The van der Waals surface area contributed by atoms with Gasteiger partial charge in [0.2, 0.25) is 0 Å². The van der Waals surface area contributed by atoms with Crippen LogP contribution in [0.25, 0.3) is 22.3 Å². The predicted molar refractivity (Wildman–Crippen MR) is 171 cm³/mol. The standard InChI is InChI=1S/C20H16ClN3O.C13H8Cl2N2O/c1-13-6-3-4-9-18(13)24-20-19(21)16(11-22)17(12-23-20)14-7-5-8-15(10-14)25-2;1-18-9-4-2-3-8(5-9)11-7-17-13(15)12(14)10(11)6-16/h3-10,12H,1-2H3,(H,23,24);2-5,7H,1H3. The lowest BCUT2D eigenvalue weighted by atomic mass is 10.0. The molecule has 0 aliphatic carbocycles. The summed E-state index contributed by atoms with van der Waals surface area (Å²) in [6.45, 7) is 1.99. The summed E-state index contributed by atoms with van der Waals surface area (Å²) >= 11 is 18.2. The van der Waals surface area contributed by atoms with Gasteiger partial charge in [0.25, 0.3) is 0 Å². The van der Waals surface area contributed by atoms with Crippen LogP contribution in [0, 0.1) is 29.6 Å². The third-order valence-corrected chi connectivity index (χ3v) is 7.50. The summed E-state index contributed by atoms with van der Waals surface area (Å²) in [7, 11) is 3.18. The van der Waals surface area contributed by atoms with Gasteiger partial charge in [0.15, 0.2) is 5.82 Å². The van der Waals surface area contributed by atoms with Crippen LogP contribution in [0.4, 0.5) is 11.5 Å². The van der Waals surface area contributed by atoms with E-state index in [1.165, 1.54) is 6.20 Å². The van der Waals surface area contributed by atoms with Crippen molar-refractivity contribution in [3.8, 4) is 45.9 Å². The fourth-order valence-corrected chi connectivity index (χ4v) is 4.69. The van der Waals surface area contributed by atoms with Crippen molar-refractivity contribution in [3.05, 3.63) is 117 Å². The van der Waals surface area contributed by atoms with Crippen molar-refractivity contribution in [3.63, 3.8) is 0 Å². The summed E-state index contributed by atoms with van der Waals surface area (Å²) in [5.41, 5.74) is 5.58. The minimum atomic E-state index is 0.125. The first kappa shape index (κ1) is 31.2. The number of methoxy groups -OCH3 is 2. The molecule has 0 fully saturated rings. The Morgan fingerprint density at radius 3 is 1.77 bits per heavy atom. The minimum absolute atomic E-state index is 0.125. The first-order chi connectivity index (χ1) is 20.8. The molecular formula is C33H24Cl3N5O2. The van der Waals surface area contributed by atoms with E-state index in [1.807, 2.05) is 85.8 Å². The zero-order valence-corrected chi connectivity index (χ0v) is 25.6. The van der Waals surface area contributed by atoms with Crippen molar-refractivity contribution >= 4 is 46.3 Å². The van der Waals surface area contributed by atoms with Crippen LogP contribution in [0.2, 0.25) is 15.2 Å². The second kappa shape index (κ2) is 14.4. The van der Waals surface area contributed by atoms with Crippen molar-refractivity contribution < 1.29 is 9.47 Å². The van der Waals surface area contributed by atoms with Gasteiger partial charge in [-0.2, -0.15) is 10.5 Å². The summed E-state index contributed by atoms with van der Waals surface area (Å²) in [6, 6.07) is 26.8. The van der Waals surface area contributed by atoms with Crippen LogP contribution < -0.4 is 14.8 Å². The minimum Gasteiger partial charge on any atom is -0.497 e. The molecular weight excluding hydrogens is 605 g/mol. The Kier molecular flexibility index (Phi) is 10.4. The van der Waals surface area contributed by atoms with Gasteiger partial charge in [-0.25, -0.2) is 9.97 Å². The highest BCUT2D eigenvalue weighted by molar-refractivity contribution is 6.42. The molecule has 0 saturated heterocycles. The van der Waals surface area contributed by atoms with Gasteiger partial charge in [0.05, 0.1) is 30.4 Å². The molecule has 5 aromatic rings. The number of hydrogen-bond donors (Lipinski definition) is 1. The van der Waals surface area contributed by atoms with E-state index in [2.05, 4.69) is 21.4 Å². The second-order valence-corrected chi connectivity index (χ2v) is 10.1. The lowest BCUT2D eigenvalue weighted by Crippen LogP contribution is -1.99. The van der Waals surface area contributed by atoms with Crippen LogP contribution in [0.1, 0.15) is 16.7 Å². The Hall–Kier alpha value is -4.79. The Morgan fingerprint density at radius 1 is 0.698 bits per heavy atom. The van der Waals surface area contributed by atoms with Crippen molar-refractivity contribution in [2.75, 3.05) is 19.5 Å². The normalized spacial score (nSPS) is 10.0. The number of rotatable bonds is 6. The third-order valence-electron chi connectivity index (χ3n) is 6.38. The molecule has 0 atom stereocenters. The van der Waals surface area contributed by atoms with Crippen LogP contribution in [0.15, 0.2) is 85.2 Å². The summed E-state index contributed by atoms with van der Waals surface area (Å²) in [5, 5.41) is 22.6. The van der Waals surface area contributed by atoms with Gasteiger partial charge in [0.1, 0.15) is 33.8 Å². The van der Waals surface area contributed by atoms with E-state index in [-0.39, 0.29) is 10.2 Å². The highest BCUT2D eigenvalue weighted by atomic mass is 35.5. The van der Waals surface area contributed by atoms with E-state index < -0.39 is 0 Å². The quantitative estimate of drug-likeness (QED) is 0.187. The molecule has 3 aromatic carbocycles. The molecule has 0 bridgehead atoms. The van der Waals surface area contributed by atoms with E-state index in [0.29, 0.717) is 44.6 Å². The number of hydrogen-bond acceptors (Lipinski definition) is 7. The van der Waals surface area contributed by atoms with Crippen LogP contribution in [-0.2, 0) is 0 Å². The third kappa shape index (κ3) is 7.17. The lowest BCUT2D eigenvalue weighted by Gasteiger charge is -2.13. The number of ether oxygens (including phenoxy) is 2. The fourth-order valence-electron chi connectivity index (χ4n) is 4.12. The van der Waals surface area contributed by atoms with E-state index in [0.717, 1.165) is 22.4 Å². The zero-order chi connectivity index (χ0) is 30.9. The van der Waals surface area contributed by atoms with Gasteiger partial charge < -0.3 is 14.8 Å². The zero-order valence-electron chi connectivity index (χ0n) is 23.3. The van der Waals surface area contributed by atoms with Gasteiger partial charge in [-0.3, -0.25) is 0 Å². The monoisotopic (exact) mass is 627 g/mol. The Labute approximate surface area is 264 Å². The number of pyridine rings is 2. The number of halogens is 3. The van der Waals surface area contributed by atoms with E-state index in [9.17, 15) is 5.26 Å². The molecule has 43 heavy (non-hydrogen) atoms. The lowest BCUT2D eigenvalue weighted by molar-refractivity contribution is 0.415. The predicted octanol–water partition coefficient (Wildman–Crippen LogP) is 9.27. The molecule has 0 saturated carbocycles. The maximum absolute atomic E-state index is 9.61. The molecule has 214 valence electrons. The van der Waals surface area contributed by atoms with Crippen LogP contribution >= 0.6 is 34.8 Å². The maximum atomic E-state index is 9.61. The van der Waals surface area contributed by atoms with Crippen LogP contribution in [0.3, 0.4) is 0 Å². The smallest absolute Gasteiger partial charge is 0.150 e. The molecule has 1 N–H and O–H groups in total. The Balaban J connectivity index is 0.000000208. The molecule has 0 radical (unpaired) electrons. The molecule has 0 aliphatic rings. The highest BCUT2D eigenvalue weighted by Gasteiger charge is 2.16. The number of para-hydroxylation sites is 1. The number of nitrogens with zero attached hydrogens (tertiary/aromatic N) is 4. The Morgan fingerprint density at radius 2 is 1.23 bits per heavy atom. The van der Waals surface area contributed by atoms with E-state index >= 15 is 0 Å². The molecule has 10 heteroatoms. The molecule has 2 heterocycles. The highest BCUT2D eigenvalue weighted by Crippen LogP contribution is 2.35. The summed E-state index contributed by atoms with van der Waals surface area (Å²) < 4.78 is 10.4.